The average molecular weight is 231 g/mol. The SMILES string of the molecule is COC1CCN(CCC(C)CCS)CC1. The average Bonchev–Trinajstić information content (AvgIpc) is 2.27. The first-order valence-electron chi connectivity index (χ1n) is 6.12. The van der Waals surface area contributed by atoms with Crippen LogP contribution in [0.25, 0.3) is 0 Å². The minimum absolute atomic E-state index is 0.510. The van der Waals surface area contributed by atoms with Gasteiger partial charge in [0.1, 0.15) is 0 Å². The molecular weight excluding hydrogens is 206 g/mol. The Bertz CT molecular complexity index is 158. The van der Waals surface area contributed by atoms with Gasteiger partial charge in [-0.25, -0.2) is 0 Å². The van der Waals surface area contributed by atoms with Crippen molar-refractivity contribution < 1.29 is 4.74 Å². The number of nitrogens with zero attached hydrogens (tertiary/aromatic N) is 1. The summed E-state index contributed by atoms with van der Waals surface area (Å²) in [5, 5.41) is 0. The minimum atomic E-state index is 0.510. The molecule has 0 saturated carbocycles. The van der Waals surface area contributed by atoms with E-state index in [9.17, 15) is 0 Å². The Morgan fingerprint density at radius 3 is 2.53 bits per heavy atom. The summed E-state index contributed by atoms with van der Waals surface area (Å²) in [6, 6.07) is 0. The third-order valence-electron chi connectivity index (χ3n) is 3.43. The molecule has 0 radical (unpaired) electrons. The highest BCUT2D eigenvalue weighted by Gasteiger charge is 2.18. The predicted molar refractivity (Wildman–Crippen MR) is 68.7 cm³/mol. The van der Waals surface area contributed by atoms with Gasteiger partial charge in [-0.1, -0.05) is 6.92 Å². The first kappa shape index (κ1) is 13.3. The van der Waals surface area contributed by atoms with Crippen LogP contribution in [0.5, 0.6) is 0 Å². The Morgan fingerprint density at radius 1 is 1.33 bits per heavy atom. The molecule has 1 fully saturated rings. The van der Waals surface area contributed by atoms with Crippen molar-refractivity contribution in [2.24, 2.45) is 5.92 Å². The summed E-state index contributed by atoms with van der Waals surface area (Å²) in [7, 11) is 1.83. The Kier molecular flexibility index (Phi) is 6.69. The van der Waals surface area contributed by atoms with Crippen LogP contribution in [0.3, 0.4) is 0 Å². The van der Waals surface area contributed by atoms with Gasteiger partial charge >= 0.3 is 0 Å². The van der Waals surface area contributed by atoms with Crippen LogP contribution in [0.4, 0.5) is 0 Å². The number of likely N-dealkylation sites (tertiary alicyclic amines) is 1. The Morgan fingerprint density at radius 2 is 2.00 bits per heavy atom. The molecule has 2 nitrogen and oxygen atoms in total. The normalized spacial score (nSPS) is 21.8. The number of methoxy groups -OCH3 is 1. The molecule has 1 aliphatic rings. The molecule has 1 unspecified atom stereocenters. The molecule has 0 aromatic heterocycles. The molecular formula is C12H25NOS. The lowest BCUT2D eigenvalue weighted by Gasteiger charge is -2.31. The van der Waals surface area contributed by atoms with Crippen LogP contribution in [0.1, 0.15) is 32.6 Å². The lowest BCUT2D eigenvalue weighted by molar-refractivity contribution is 0.0398. The monoisotopic (exact) mass is 231 g/mol. The van der Waals surface area contributed by atoms with Gasteiger partial charge in [0, 0.05) is 20.2 Å². The fourth-order valence-electron chi connectivity index (χ4n) is 2.14. The Balaban J connectivity index is 2.08. The van der Waals surface area contributed by atoms with Crippen molar-refractivity contribution in [1.82, 2.24) is 4.90 Å². The summed E-state index contributed by atoms with van der Waals surface area (Å²) in [6.07, 6.45) is 5.49. The Hall–Kier alpha value is 0.270. The molecule has 0 aliphatic carbocycles. The van der Waals surface area contributed by atoms with E-state index in [0.29, 0.717) is 6.10 Å². The molecule has 0 spiro atoms. The van der Waals surface area contributed by atoms with E-state index in [4.69, 9.17) is 4.74 Å². The van der Waals surface area contributed by atoms with Gasteiger partial charge in [0.25, 0.3) is 0 Å². The van der Waals surface area contributed by atoms with Crippen LogP contribution in [0.15, 0.2) is 0 Å². The van der Waals surface area contributed by atoms with Crippen molar-refractivity contribution in [2.45, 2.75) is 38.7 Å². The van der Waals surface area contributed by atoms with Gasteiger partial charge in [0.05, 0.1) is 6.10 Å². The largest absolute Gasteiger partial charge is 0.381 e. The van der Waals surface area contributed by atoms with E-state index in [1.165, 1.54) is 45.3 Å². The molecule has 1 heterocycles. The summed E-state index contributed by atoms with van der Waals surface area (Å²) in [5.41, 5.74) is 0. The molecule has 0 aromatic rings. The highest BCUT2D eigenvalue weighted by molar-refractivity contribution is 7.80. The van der Waals surface area contributed by atoms with Gasteiger partial charge < -0.3 is 9.64 Å². The molecule has 1 saturated heterocycles. The lowest BCUT2D eigenvalue weighted by Crippen LogP contribution is -2.37. The van der Waals surface area contributed by atoms with Crippen molar-refractivity contribution >= 4 is 12.6 Å². The third kappa shape index (κ3) is 5.23. The van der Waals surface area contributed by atoms with Gasteiger partial charge in [-0.3, -0.25) is 0 Å². The molecule has 0 aromatic carbocycles. The maximum Gasteiger partial charge on any atom is 0.0595 e. The van der Waals surface area contributed by atoms with Crippen LogP contribution < -0.4 is 0 Å². The standard InChI is InChI=1S/C12H25NOS/c1-11(6-10-15)3-7-13-8-4-12(14-2)5-9-13/h11-12,15H,3-10H2,1-2H3. The molecule has 90 valence electrons. The number of hydrogen-bond acceptors (Lipinski definition) is 3. The molecule has 3 heteroatoms. The van der Waals surface area contributed by atoms with Gasteiger partial charge in [-0.15, -0.1) is 0 Å². The quantitative estimate of drug-likeness (QED) is 0.705. The fourth-order valence-corrected chi connectivity index (χ4v) is 2.58. The lowest BCUT2D eigenvalue weighted by atomic mass is 10.0. The van der Waals surface area contributed by atoms with E-state index in [1.807, 2.05) is 7.11 Å². The summed E-state index contributed by atoms with van der Waals surface area (Å²) in [6.45, 7) is 6.02. The maximum absolute atomic E-state index is 5.37. The number of hydrogen-bond donors (Lipinski definition) is 1. The zero-order valence-electron chi connectivity index (χ0n) is 10.1. The van der Waals surface area contributed by atoms with E-state index in [-0.39, 0.29) is 0 Å². The predicted octanol–water partition coefficient (Wildman–Crippen LogP) is 2.44. The summed E-state index contributed by atoms with van der Waals surface area (Å²) in [5.74, 6) is 1.84. The van der Waals surface area contributed by atoms with Crippen molar-refractivity contribution in [3.05, 3.63) is 0 Å². The molecule has 1 atom stereocenters. The van der Waals surface area contributed by atoms with E-state index >= 15 is 0 Å². The highest BCUT2D eigenvalue weighted by Crippen LogP contribution is 2.15. The van der Waals surface area contributed by atoms with Gasteiger partial charge in [-0.2, -0.15) is 12.6 Å². The Labute approximate surface area is 99.8 Å². The van der Waals surface area contributed by atoms with E-state index in [2.05, 4.69) is 24.5 Å². The topological polar surface area (TPSA) is 12.5 Å². The van der Waals surface area contributed by atoms with Crippen molar-refractivity contribution in [2.75, 3.05) is 32.5 Å². The van der Waals surface area contributed by atoms with Crippen LogP contribution in [-0.4, -0.2) is 43.5 Å². The van der Waals surface area contributed by atoms with Gasteiger partial charge in [0.15, 0.2) is 0 Å². The molecule has 1 aliphatic heterocycles. The number of thiol groups is 1. The molecule has 0 N–H and O–H groups in total. The molecule has 0 bridgehead atoms. The molecule has 15 heavy (non-hydrogen) atoms. The second-order valence-electron chi connectivity index (χ2n) is 4.68. The van der Waals surface area contributed by atoms with E-state index in [1.54, 1.807) is 0 Å². The van der Waals surface area contributed by atoms with Gasteiger partial charge in [-0.05, 0) is 43.9 Å². The first-order chi connectivity index (χ1) is 7.26. The van der Waals surface area contributed by atoms with E-state index in [0.717, 1.165) is 11.7 Å². The fraction of sp³-hybridized carbons (Fsp3) is 1.00. The van der Waals surface area contributed by atoms with Crippen LogP contribution in [0.2, 0.25) is 0 Å². The molecule has 1 rings (SSSR count). The highest BCUT2D eigenvalue weighted by atomic mass is 32.1. The minimum Gasteiger partial charge on any atom is -0.381 e. The van der Waals surface area contributed by atoms with Crippen LogP contribution >= 0.6 is 12.6 Å². The van der Waals surface area contributed by atoms with Crippen molar-refractivity contribution in [3.8, 4) is 0 Å². The number of piperidine rings is 1. The van der Waals surface area contributed by atoms with Crippen molar-refractivity contribution in [1.29, 1.82) is 0 Å². The summed E-state index contributed by atoms with van der Waals surface area (Å²) < 4.78 is 5.37. The number of rotatable bonds is 6. The van der Waals surface area contributed by atoms with Crippen molar-refractivity contribution in [3.63, 3.8) is 0 Å². The molecule has 0 amide bonds. The maximum atomic E-state index is 5.37. The first-order valence-corrected chi connectivity index (χ1v) is 6.75. The summed E-state index contributed by atoms with van der Waals surface area (Å²) in [4.78, 5) is 2.57. The second kappa shape index (κ2) is 7.53. The smallest absolute Gasteiger partial charge is 0.0595 e. The second-order valence-corrected chi connectivity index (χ2v) is 5.13. The number of ether oxygens (including phenoxy) is 1. The van der Waals surface area contributed by atoms with E-state index < -0.39 is 0 Å². The van der Waals surface area contributed by atoms with Crippen LogP contribution in [-0.2, 0) is 4.74 Å². The van der Waals surface area contributed by atoms with Gasteiger partial charge in [0.2, 0.25) is 0 Å². The zero-order chi connectivity index (χ0) is 11.1. The third-order valence-corrected chi connectivity index (χ3v) is 3.69. The zero-order valence-corrected chi connectivity index (χ0v) is 11.0. The summed E-state index contributed by atoms with van der Waals surface area (Å²) >= 11 is 4.27. The van der Waals surface area contributed by atoms with Crippen LogP contribution in [0, 0.1) is 5.92 Å².